The van der Waals surface area contributed by atoms with E-state index in [4.69, 9.17) is 9.47 Å². The second-order valence-electron chi connectivity index (χ2n) is 6.35. The lowest BCUT2D eigenvalue weighted by atomic mass is 10.0. The van der Waals surface area contributed by atoms with Crippen LogP contribution in [-0.4, -0.2) is 28.5 Å². The van der Waals surface area contributed by atoms with Gasteiger partial charge in [0.1, 0.15) is 36.4 Å². The number of carbonyl (C=O) groups excluding carboxylic acids is 1. The van der Waals surface area contributed by atoms with E-state index >= 15 is 0 Å². The molecule has 0 radical (unpaired) electrons. The molecule has 0 saturated carbocycles. The van der Waals surface area contributed by atoms with Crippen LogP contribution in [0.2, 0.25) is 0 Å². The Labute approximate surface area is 180 Å². The maximum atomic E-state index is 14.7. The monoisotopic (exact) mass is 447 g/mol. The first kappa shape index (κ1) is 22.2. The predicted molar refractivity (Wildman–Crippen MR) is 113 cm³/mol. The molecule has 162 valence electrons. The first-order valence-electron chi connectivity index (χ1n) is 9.15. The second-order valence-corrected chi connectivity index (χ2v) is 7.56. The molecule has 2 aromatic rings. The fourth-order valence-electron chi connectivity index (χ4n) is 2.91. The van der Waals surface area contributed by atoms with Crippen LogP contribution in [0, 0.1) is 11.6 Å². The van der Waals surface area contributed by atoms with E-state index in [0.717, 1.165) is 18.2 Å². The molecule has 1 aliphatic heterocycles. The fourth-order valence-corrected chi connectivity index (χ4v) is 3.84. The van der Waals surface area contributed by atoms with Crippen molar-refractivity contribution in [3.05, 3.63) is 83.7 Å². The van der Waals surface area contributed by atoms with E-state index in [1.54, 1.807) is 13.0 Å². The SMILES string of the molecule is C=C/C=C1\C(=C/C)OCCOC(=O)c2cc(O)cc(c2)S(=O)Nc2cc1c(F)cc2F. The quantitative estimate of drug-likeness (QED) is 0.631. The van der Waals surface area contributed by atoms with Crippen molar-refractivity contribution in [1.29, 1.82) is 0 Å². The zero-order valence-electron chi connectivity index (χ0n) is 16.5. The average Bonchev–Trinajstić information content (AvgIpc) is 2.73. The lowest BCUT2D eigenvalue weighted by Crippen LogP contribution is -2.12. The number of phenolic OH excluding ortho intramolecular Hbond substituents is 1. The molecule has 6 nitrogen and oxygen atoms in total. The summed E-state index contributed by atoms with van der Waals surface area (Å²) in [5.74, 6) is -2.68. The smallest absolute Gasteiger partial charge is 0.338 e. The molecule has 0 amide bonds. The Kier molecular flexibility index (Phi) is 6.86. The van der Waals surface area contributed by atoms with E-state index in [1.165, 1.54) is 18.2 Å². The summed E-state index contributed by atoms with van der Waals surface area (Å²) in [5.41, 5.74) is -0.0399. The van der Waals surface area contributed by atoms with Crippen molar-refractivity contribution in [2.24, 2.45) is 0 Å². The molecule has 1 heterocycles. The van der Waals surface area contributed by atoms with E-state index in [2.05, 4.69) is 11.3 Å². The highest BCUT2D eigenvalue weighted by molar-refractivity contribution is 7.86. The molecule has 9 heteroatoms. The van der Waals surface area contributed by atoms with Crippen LogP contribution >= 0.6 is 0 Å². The number of ether oxygens (including phenoxy) is 2. The zero-order chi connectivity index (χ0) is 22.5. The standard InChI is InChI=1S/C22H19F2NO5S/c1-3-5-16-17-11-20(19(24)12-18(17)23)25-31(28)15-9-13(8-14(26)10-15)22(27)30-7-6-29-21(16)4-2/h3-5,8-12,25-26H,1,6-7H2,2H3/b16-5-,21-4+. The van der Waals surface area contributed by atoms with Gasteiger partial charge in [0.2, 0.25) is 0 Å². The van der Waals surface area contributed by atoms with Gasteiger partial charge in [-0.05, 0) is 37.3 Å². The number of fused-ring (bicyclic) bond motifs is 4. The third kappa shape index (κ3) is 5.00. The molecule has 0 fully saturated rings. The molecule has 0 aromatic heterocycles. The number of phenols is 1. The van der Waals surface area contributed by atoms with Gasteiger partial charge in [-0.3, -0.25) is 4.72 Å². The highest BCUT2D eigenvalue weighted by atomic mass is 32.2. The van der Waals surface area contributed by atoms with Crippen LogP contribution in [0.25, 0.3) is 5.57 Å². The van der Waals surface area contributed by atoms with Crippen LogP contribution in [0.4, 0.5) is 14.5 Å². The van der Waals surface area contributed by atoms with Gasteiger partial charge in [0.05, 0.1) is 16.1 Å². The van der Waals surface area contributed by atoms with Crippen molar-refractivity contribution in [2.45, 2.75) is 11.8 Å². The molecule has 1 aliphatic rings. The van der Waals surface area contributed by atoms with E-state index in [0.29, 0.717) is 6.07 Å². The van der Waals surface area contributed by atoms with Gasteiger partial charge < -0.3 is 14.6 Å². The fraction of sp³-hybridized carbons (Fsp3) is 0.136. The number of cyclic esters (lactones) is 1. The first-order chi connectivity index (χ1) is 14.8. The van der Waals surface area contributed by atoms with Crippen LogP contribution in [0.5, 0.6) is 5.75 Å². The van der Waals surface area contributed by atoms with Crippen LogP contribution in [0.1, 0.15) is 22.8 Å². The Morgan fingerprint density at radius 3 is 2.58 bits per heavy atom. The third-order valence-electron chi connectivity index (χ3n) is 4.28. The Morgan fingerprint density at radius 1 is 1.13 bits per heavy atom. The van der Waals surface area contributed by atoms with E-state index in [9.17, 15) is 22.9 Å². The lowest BCUT2D eigenvalue weighted by molar-refractivity contribution is 0.0408. The number of carbonyl (C=O) groups is 1. The largest absolute Gasteiger partial charge is 0.508 e. The van der Waals surface area contributed by atoms with Crippen LogP contribution in [-0.2, 0) is 20.5 Å². The van der Waals surface area contributed by atoms with E-state index in [1.807, 2.05) is 0 Å². The number of nitrogens with one attached hydrogen (secondary N) is 1. The molecule has 0 spiro atoms. The normalized spacial score (nSPS) is 19.6. The molecule has 0 aliphatic carbocycles. The van der Waals surface area contributed by atoms with Gasteiger partial charge in [-0.2, -0.15) is 0 Å². The van der Waals surface area contributed by atoms with Gasteiger partial charge in [0.25, 0.3) is 0 Å². The number of allylic oxidation sites excluding steroid dienone is 4. The summed E-state index contributed by atoms with van der Waals surface area (Å²) in [4.78, 5) is 12.3. The molecule has 3 rings (SSSR count). The topological polar surface area (TPSA) is 84.9 Å². The van der Waals surface area contributed by atoms with Gasteiger partial charge in [-0.25, -0.2) is 17.8 Å². The lowest BCUT2D eigenvalue weighted by Gasteiger charge is -2.16. The summed E-state index contributed by atoms with van der Waals surface area (Å²) in [7, 11) is -2.08. The van der Waals surface area contributed by atoms with Crippen molar-refractivity contribution in [2.75, 3.05) is 17.9 Å². The molecule has 31 heavy (non-hydrogen) atoms. The maximum Gasteiger partial charge on any atom is 0.338 e. The minimum Gasteiger partial charge on any atom is -0.508 e. The van der Waals surface area contributed by atoms with Crippen molar-refractivity contribution >= 4 is 28.2 Å². The number of anilines is 1. The minimum absolute atomic E-state index is 0.000605. The molecule has 1 atom stereocenters. The number of benzene rings is 2. The molecule has 4 bridgehead atoms. The van der Waals surface area contributed by atoms with Crippen LogP contribution < -0.4 is 4.72 Å². The highest BCUT2D eigenvalue weighted by Gasteiger charge is 2.20. The maximum absolute atomic E-state index is 14.7. The van der Waals surface area contributed by atoms with E-state index in [-0.39, 0.29) is 52.0 Å². The van der Waals surface area contributed by atoms with Gasteiger partial charge in [-0.15, -0.1) is 0 Å². The Bertz CT molecular complexity index is 1130. The summed E-state index contributed by atoms with van der Waals surface area (Å²) < 4.78 is 55.1. The number of hydrogen-bond donors (Lipinski definition) is 2. The molecule has 1 unspecified atom stereocenters. The van der Waals surface area contributed by atoms with Gasteiger partial charge in [-0.1, -0.05) is 18.7 Å². The molecule has 0 saturated heterocycles. The Hall–Kier alpha value is -3.46. The number of esters is 1. The van der Waals surface area contributed by atoms with Gasteiger partial charge >= 0.3 is 5.97 Å². The Balaban J connectivity index is 2.17. The summed E-state index contributed by atoms with van der Waals surface area (Å²) in [6, 6.07) is 5.38. The molecule has 2 aromatic carbocycles. The van der Waals surface area contributed by atoms with Crippen LogP contribution in [0.3, 0.4) is 0 Å². The molecular formula is C22H19F2NO5S. The van der Waals surface area contributed by atoms with Crippen molar-refractivity contribution in [3.8, 4) is 5.75 Å². The average molecular weight is 447 g/mol. The minimum atomic E-state index is -2.08. The zero-order valence-corrected chi connectivity index (χ0v) is 17.3. The second kappa shape index (κ2) is 9.57. The van der Waals surface area contributed by atoms with Crippen LogP contribution in [0.15, 0.2) is 65.8 Å². The van der Waals surface area contributed by atoms with Crippen molar-refractivity contribution < 1.29 is 32.4 Å². The van der Waals surface area contributed by atoms with Crippen molar-refractivity contribution in [3.63, 3.8) is 0 Å². The summed E-state index contributed by atoms with van der Waals surface area (Å²) in [6.45, 7) is 5.09. The summed E-state index contributed by atoms with van der Waals surface area (Å²) >= 11 is 0. The van der Waals surface area contributed by atoms with Gasteiger partial charge in [0.15, 0.2) is 11.0 Å². The Morgan fingerprint density at radius 2 is 1.87 bits per heavy atom. The number of halogens is 2. The highest BCUT2D eigenvalue weighted by Crippen LogP contribution is 2.31. The predicted octanol–water partition coefficient (Wildman–Crippen LogP) is 4.47. The molecular weight excluding hydrogens is 428 g/mol. The van der Waals surface area contributed by atoms with E-state index < -0.39 is 28.6 Å². The molecule has 2 N–H and O–H groups in total. The van der Waals surface area contributed by atoms with Crippen molar-refractivity contribution in [1.82, 2.24) is 0 Å². The first-order valence-corrected chi connectivity index (χ1v) is 10.3. The van der Waals surface area contributed by atoms with Gasteiger partial charge in [0, 0.05) is 17.2 Å². The number of rotatable bonds is 1. The third-order valence-corrected chi connectivity index (χ3v) is 5.35. The summed E-state index contributed by atoms with van der Waals surface area (Å²) in [5, 5.41) is 9.89. The number of aromatic hydroxyl groups is 1. The number of hydrogen-bond acceptors (Lipinski definition) is 5. The summed E-state index contributed by atoms with van der Waals surface area (Å²) in [6.07, 6.45) is 4.47.